The van der Waals surface area contributed by atoms with E-state index in [-0.39, 0.29) is 78.8 Å². The minimum Gasteiger partial charge on any atom is -0.392 e. The molecule has 340 valence electrons. The van der Waals surface area contributed by atoms with Crippen molar-refractivity contribution in [3.8, 4) is 0 Å². The molecule has 0 aromatic heterocycles. The average molecular weight is 833 g/mol. The number of aliphatic hydroxyl groups excluding tert-OH is 1. The molecular weight excluding hydrogens is 749 g/mol. The van der Waals surface area contributed by atoms with Crippen LogP contribution in [0.4, 0.5) is 0 Å². The van der Waals surface area contributed by atoms with Crippen molar-refractivity contribution in [1.29, 1.82) is 0 Å². The van der Waals surface area contributed by atoms with Crippen molar-refractivity contribution < 1.29 is 48.1 Å². The molecule has 2 aliphatic carbocycles. The molecule has 2 saturated carbocycles. The monoisotopic (exact) mass is 833 g/mol. The number of hydrogen-bond donors (Lipinski definition) is 2. The second kappa shape index (κ2) is 23.3. The normalized spacial score (nSPS) is 38.1. The second-order valence-corrected chi connectivity index (χ2v) is 18.7. The zero-order chi connectivity index (χ0) is 43.6. The Morgan fingerprint density at radius 1 is 0.746 bits per heavy atom. The highest BCUT2D eigenvalue weighted by atomic mass is 16.7. The lowest BCUT2D eigenvalue weighted by Crippen LogP contribution is -2.59. The van der Waals surface area contributed by atoms with Gasteiger partial charge >= 0.3 is 0 Å². The Balaban J connectivity index is 1.31. The van der Waals surface area contributed by atoms with Gasteiger partial charge in [0.05, 0.1) is 36.1 Å². The number of hydrogen-bond acceptors (Lipinski definition) is 10. The average Bonchev–Trinajstić information content (AvgIpc) is 4.05. The van der Waals surface area contributed by atoms with Crippen LogP contribution in [0.15, 0.2) is 47.6 Å². The zero-order valence-electron chi connectivity index (χ0n) is 39.2. The fraction of sp³-hybridized carbons (Fsp3) is 0.837. The van der Waals surface area contributed by atoms with Crippen LogP contribution in [0.1, 0.15) is 107 Å². The molecule has 0 bridgehead atoms. The Morgan fingerprint density at radius 2 is 1.36 bits per heavy atom. The van der Waals surface area contributed by atoms with E-state index >= 15 is 0 Å². The van der Waals surface area contributed by atoms with E-state index in [0.29, 0.717) is 23.7 Å². The Labute approximate surface area is 358 Å². The number of aliphatic hydroxyl groups is 2. The number of ether oxygens (including phenoxy) is 8. The molecule has 0 amide bonds. The molecule has 0 aromatic carbocycles. The minimum atomic E-state index is -0.722. The number of rotatable bonds is 23. The van der Waals surface area contributed by atoms with E-state index in [1.165, 1.54) is 0 Å². The maximum atomic E-state index is 11.7. The Kier molecular flexibility index (Phi) is 19.8. The highest BCUT2D eigenvalue weighted by Gasteiger charge is 2.55. The molecule has 2 heterocycles. The fourth-order valence-corrected chi connectivity index (χ4v) is 10.9. The third-order valence-electron chi connectivity index (χ3n) is 15.4. The van der Waals surface area contributed by atoms with Gasteiger partial charge in [0.25, 0.3) is 0 Å². The van der Waals surface area contributed by atoms with Crippen LogP contribution in [0, 0.1) is 53.3 Å². The van der Waals surface area contributed by atoms with Gasteiger partial charge in [-0.1, -0.05) is 78.0 Å². The van der Waals surface area contributed by atoms with E-state index in [1.807, 2.05) is 13.2 Å². The van der Waals surface area contributed by atoms with E-state index in [9.17, 15) is 10.2 Å². The molecule has 0 aromatic rings. The first kappa shape index (κ1) is 50.2. The molecule has 2 saturated heterocycles. The van der Waals surface area contributed by atoms with Gasteiger partial charge < -0.3 is 48.1 Å². The quantitative estimate of drug-likeness (QED) is 0.0970. The van der Waals surface area contributed by atoms with E-state index in [0.717, 1.165) is 62.5 Å². The van der Waals surface area contributed by atoms with E-state index in [2.05, 4.69) is 85.8 Å². The predicted molar refractivity (Wildman–Crippen MR) is 234 cm³/mol. The molecule has 10 nitrogen and oxygen atoms in total. The van der Waals surface area contributed by atoms with Crippen molar-refractivity contribution in [2.24, 2.45) is 53.3 Å². The molecular formula is C49H84O10. The largest absolute Gasteiger partial charge is 0.392 e. The summed E-state index contributed by atoms with van der Waals surface area (Å²) in [7, 11) is 10.5. The zero-order valence-corrected chi connectivity index (χ0v) is 39.2. The summed E-state index contributed by atoms with van der Waals surface area (Å²) in [6.45, 7) is 17.3. The van der Waals surface area contributed by atoms with Gasteiger partial charge in [-0.2, -0.15) is 0 Å². The lowest BCUT2D eigenvalue weighted by molar-refractivity contribution is -0.225. The first-order valence-electron chi connectivity index (χ1n) is 22.7. The summed E-state index contributed by atoms with van der Waals surface area (Å²) in [6.07, 6.45) is 18.4. The summed E-state index contributed by atoms with van der Waals surface area (Å²) in [5, 5.41) is 23.1. The summed E-state index contributed by atoms with van der Waals surface area (Å²) in [6, 6.07) is 0. The van der Waals surface area contributed by atoms with Crippen LogP contribution in [0.3, 0.4) is 0 Å². The predicted octanol–water partition coefficient (Wildman–Crippen LogP) is 8.70. The number of allylic oxidation sites excluding steroid dienone is 4. The van der Waals surface area contributed by atoms with Crippen LogP contribution in [-0.2, 0) is 37.9 Å². The molecule has 0 spiro atoms. The molecule has 4 fully saturated rings. The molecule has 10 heteroatoms. The Morgan fingerprint density at radius 3 is 1.93 bits per heavy atom. The standard InChI is InChI=1S/C49H84O10/c1-15-40(52-9)34(7)39-28-49(51,35(39)8)32(5)21-17-20-31(4)47-48(57-14)36(26-44(56-13)59-47)22-23-41(53-10)33(6)37-27-38(37)45(50)29(2)18-16-19-30(3)46-42(54-11)24-25-43(55-12)58-46/h16-21,29,32-48,50-51H,15,22-28H2,1-14H3/b18-16+,21-17+,30-19+,31-20+/t29-,32-,33-,34-,35+,36?,37-,38+,39+,40-,41-,42+,43+,44+,45+,46-,47-,48-,49?/m0/s1. The summed E-state index contributed by atoms with van der Waals surface area (Å²) >= 11 is 0. The van der Waals surface area contributed by atoms with Crippen LogP contribution in [0.5, 0.6) is 0 Å². The summed E-state index contributed by atoms with van der Waals surface area (Å²) in [4.78, 5) is 0. The van der Waals surface area contributed by atoms with Gasteiger partial charge in [-0.05, 0) is 105 Å². The molecule has 4 rings (SSSR count). The molecule has 0 radical (unpaired) electrons. The number of methoxy groups -OCH3 is 6. The summed E-state index contributed by atoms with van der Waals surface area (Å²) < 4.78 is 47.7. The Bertz CT molecular complexity index is 1380. The third kappa shape index (κ3) is 12.2. The van der Waals surface area contributed by atoms with Crippen molar-refractivity contribution >= 4 is 0 Å². The van der Waals surface area contributed by atoms with Gasteiger partial charge in [-0.25, -0.2) is 0 Å². The molecule has 19 atom stereocenters. The lowest BCUT2D eigenvalue weighted by atomic mass is 9.53. The van der Waals surface area contributed by atoms with Crippen LogP contribution in [0.25, 0.3) is 0 Å². The smallest absolute Gasteiger partial charge is 0.158 e. The topological polar surface area (TPSA) is 114 Å². The van der Waals surface area contributed by atoms with Crippen molar-refractivity contribution in [3.05, 3.63) is 47.6 Å². The maximum Gasteiger partial charge on any atom is 0.158 e. The van der Waals surface area contributed by atoms with Crippen LogP contribution < -0.4 is 0 Å². The molecule has 2 N–H and O–H groups in total. The van der Waals surface area contributed by atoms with Gasteiger partial charge in [0.15, 0.2) is 12.6 Å². The van der Waals surface area contributed by atoms with E-state index in [1.54, 1.807) is 35.5 Å². The summed E-state index contributed by atoms with van der Waals surface area (Å²) in [5.41, 5.74) is 1.43. The van der Waals surface area contributed by atoms with E-state index < -0.39 is 11.7 Å². The highest BCUT2D eigenvalue weighted by Crippen LogP contribution is 2.53. The van der Waals surface area contributed by atoms with Crippen LogP contribution in [0.2, 0.25) is 0 Å². The first-order chi connectivity index (χ1) is 28.1. The van der Waals surface area contributed by atoms with Crippen molar-refractivity contribution in [1.82, 2.24) is 0 Å². The Hall–Kier alpha value is -1.44. The second-order valence-electron chi connectivity index (χ2n) is 18.7. The minimum absolute atomic E-state index is 0.00418. The van der Waals surface area contributed by atoms with Crippen LogP contribution in [-0.4, -0.2) is 114 Å². The van der Waals surface area contributed by atoms with Crippen molar-refractivity contribution in [2.45, 2.75) is 168 Å². The van der Waals surface area contributed by atoms with Gasteiger partial charge in [0, 0.05) is 67.3 Å². The molecule has 4 aliphatic rings. The molecule has 2 unspecified atom stereocenters. The SMILES string of the molecule is CC[C@H](OC)[C@@H](C)[C@H]1CC(O)([C@@H](C)/C=C/C=C(\C)[C@@H]2O[C@@H](OC)CC(CC[C@H](OC)[C@@H](C)[C@@H]3C[C@H]3[C@H](O)[C@@H](C)/C=C/C=C(\C)[C@@H]3O[C@@H](OC)CC[C@H]3OC)[C@@H]2OC)[C@@H]1C. The first-order valence-corrected chi connectivity index (χ1v) is 22.7. The van der Waals surface area contributed by atoms with Crippen LogP contribution >= 0.6 is 0 Å². The highest BCUT2D eigenvalue weighted by molar-refractivity contribution is 5.20. The fourth-order valence-electron chi connectivity index (χ4n) is 10.9. The summed E-state index contributed by atoms with van der Waals surface area (Å²) in [5.74, 6) is 2.27. The van der Waals surface area contributed by atoms with Gasteiger partial charge in [-0.15, -0.1) is 0 Å². The molecule has 2 aliphatic heterocycles. The maximum absolute atomic E-state index is 11.7. The van der Waals surface area contributed by atoms with Crippen molar-refractivity contribution in [2.75, 3.05) is 42.7 Å². The molecule has 59 heavy (non-hydrogen) atoms. The van der Waals surface area contributed by atoms with E-state index in [4.69, 9.17) is 37.9 Å². The van der Waals surface area contributed by atoms with Gasteiger partial charge in [-0.3, -0.25) is 0 Å². The van der Waals surface area contributed by atoms with Crippen molar-refractivity contribution in [3.63, 3.8) is 0 Å². The van der Waals surface area contributed by atoms with Gasteiger partial charge in [0.2, 0.25) is 0 Å². The van der Waals surface area contributed by atoms with Gasteiger partial charge in [0.1, 0.15) is 12.2 Å². The lowest BCUT2D eigenvalue weighted by Gasteiger charge is -2.56. The third-order valence-corrected chi connectivity index (χ3v) is 15.4.